The molecule has 2 rings (SSSR count). The maximum Gasteiger partial charge on any atom is 0.291 e. The average Bonchev–Trinajstić information content (AvgIpc) is 2.97. The Hall–Kier alpha value is -2.38. The number of hydrogen-bond donors (Lipinski definition) is 2. The molecule has 0 fully saturated rings. The minimum atomic E-state index is -0.311. The largest absolute Gasteiger partial charge is 0.366 e. The van der Waals surface area contributed by atoms with Gasteiger partial charge in [-0.05, 0) is 6.42 Å². The zero-order valence-corrected chi connectivity index (χ0v) is 10.2. The Morgan fingerprint density at radius 3 is 2.94 bits per heavy atom. The Balaban J connectivity index is 2.03. The van der Waals surface area contributed by atoms with Gasteiger partial charge in [-0.25, -0.2) is 0 Å². The lowest BCUT2D eigenvalue weighted by molar-refractivity contribution is 0.0760. The van der Waals surface area contributed by atoms with Gasteiger partial charge < -0.3 is 15.2 Å². The SMILES string of the molecule is CCc1cc(CN(C)C(=O)c2nc(N)n[nH]2)on1. The lowest BCUT2D eigenvalue weighted by Gasteiger charge is -2.12. The summed E-state index contributed by atoms with van der Waals surface area (Å²) < 4.78 is 5.10. The highest BCUT2D eigenvalue weighted by Gasteiger charge is 2.17. The van der Waals surface area contributed by atoms with Crippen molar-refractivity contribution < 1.29 is 9.32 Å². The van der Waals surface area contributed by atoms with Crippen molar-refractivity contribution in [3.63, 3.8) is 0 Å². The first-order valence-electron chi connectivity index (χ1n) is 5.48. The molecule has 0 saturated heterocycles. The number of nitrogens with two attached hydrogens (primary N) is 1. The molecule has 96 valence electrons. The predicted molar refractivity (Wildman–Crippen MR) is 62.5 cm³/mol. The topological polar surface area (TPSA) is 114 Å². The summed E-state index contributed by atoms with van der Waals surface area (Å²) in [6.07, 6.45) is 0.791. The van der Waals surface area contributed by atoms with Gasteiger partial charge in [-0.2, -0.15) is 4.98 Å². The fraction of sp³-hybridized carbons (Fsp3) is 0.400. The Labute approximate surface area is 103 Å². The molecule has 8 nitrogen and oxygen atoms in total. The number of H-pyrrole nitrogens is 1. The highest BCUT2D eigenvalue weighted by Crippen LogP contribution is 2.08. The summed E-state index contributed by atoms with van der Waals surface area (Å²) in [4.78, 5) is 17.1. The molecule has 8 heteroatoms. The Kier molecular flexibility index (Phi) is 3.26. The van der Waals surface area contributed by atoms with E-state index in [0.717, 1.165) is 12.1 Å². The molecule has 18 heavy (non-hydrogen) atoms. The van der Waals surface area contributed by atoms with Gasteiger partial charge in [0.05, 0.1) is 12.2 Å². The second-order valence-electron chi connectivity index (χ2n) is 3.84. The van der Waals surface area contributed by atoms with Crippen molar-refractivity contribution in [3.8, 4) is 0 Å². The molecule has 2 aromatic rings. The molecule has 0 atom stereocenters. The predicted octanol–water partition coefficient (Wildman–Crippen LogP) is 0.209. The molecule has 1 amide bonds. The summed E-state index contributed by atoms with van der Waals surface area (Å²) in [6.45, 7) is 2.29. The van der Waals surface area contributed by atoms with Gasteiger partial charge in [-0.15, -0.1) is 5.10 Å². The van der Waals surface area contributed by atoms with Gasteiger partial charge in [0.1, 0.15) is 0 Å². The minimum Gasteiger partial charge on any atom is -0.366 e. The zero-order valence-electron chi connectivity index (χ0n) is 10.2. The Morgan fingerprint density at radius 2 is 2.39 bits per heavy atom. The monoisotopic (exact) mass is 250 g/mol. The number of nitrogens with zero attached hydrogens (tertiary/aromatic N) is 4. The van der Waals surface area contributed by atoms with Crippen LogP contribution in [-0.4, -0.2) is 38.2 Å². The smallest absolute Gasteiger partial charge is 0.291 e. The molecule has 0 spiro atoms. The van der Waals surface area contributed by atoms with Gasteiger partial charge in [0.2, 0.25) is 11.8 Å². The number of aromatic nitrogens is 4. The standard InChI is InChI=1S/C10H14N6O2/c1-3-6-4-7(18-15-6)5-16(2)9(17)8-12-10(11)14-13-8/h4H,3,5H2,1-2H3,(H3,11,12,13,14). The van der Waals surface area contributed by atoms with Crippen molar-refractivity contribution in [2.45, 2.75) is 19.9 Å². The van der Waals surface area contributed by atoms with E-state index in [-0.39, 0.29) is 17.7 Å². The lowest BCUT2D eigenvalue weighted by atomic mass is 10.3. The Morgan fingerprint density at radius 1 is 1.61 bits per heavy atom. The quantitative estimate of drug-likeness (QED) is 0.801. The number of hydrogen-bond acceptors (Lipinski definition) is 6. The van der Waals surface area contributed by atoms with Gasteiger partial charge in [0.15, 0.2) is 5.76 Å². The van der Waals surface area contributed by atoms with Gasteiger partial charge in [0, 0.05) is 13.1 Å². The van der Waals surface area contributed by atoms with Gasteiger partial charge in [0.25, 0.3) is 5.91 Å². The molecule has 2 aromatic heterocycles. The molecule has 2 heterocycles. The number of nitrogen functional groups attached to an aromatic ring is 1. The maximum absolute atomic E-state index is 11.9. The molecule has 0 aromatic carbocycles. The maximum atomic E-state index is 11.9. The molecular weight excluding hydrogens is 236 g/mol. The van der Waals surface area contributed by atoms with E-state index in [1.807, 2.05) is 13.0 Å². The molecule has 0 aliphatic heterocycles. The molecule has 3 N–H and O–H groups in total. The van der Waals surface area contributed by atoms with E-state index >= 15 is 0 Å². The number of nitrogens with one attached hydrogen (secondary N) is 1. The first-order valence-corrected chi connectivity index (χ1v) is 5.48. The first-order chi connectivity index (χ1) is 8.60. The van der Waals surface area contributed by atoms with Crippen molar-refractivity contribution in [1.29, 1.82) is 0 Å². The van der Waals surface area contributed by atoms with E-state index in [4.69, 9.17) is 10.3 Å². The highest BCUT2D eigenvalue weighted by molar-refractivity contribution is 5.90. The fourth-order valence-corrected chi connectivity index (χ4v) is 1.45. The van der Waals surface area contributed by atoms with Gasteiger partial charge in [-0.1, -0.05) is 12.1 Å². The van der Waals surface area contributed by atoms with E-state index in [1.54, 1.807) is 7.05 Å². The second kappa shape index (κ2) is 4.86. The third kappa shape index (κ3) is 2.47. The van der Waals surface area contributed by atoms with Crippen LogP contribution < -0.4 is 5.73 Å². The normalized spacial score (nSPS) is 10.6. The number of aryl methyl sites for hydroxylation is 1. The van der Waals surface area contributed by atoms with Crippen molar-refractivity contribution in [2.24, 2.45) is 0 Å². The number of anilines is 1. The number of carbonyl (C=O) groups excluding carboxylic acids is 1. The zero-order chi connectivity index (χ0) is 13.1. The average molecular weight is 250 g/mol. The van der Waals surface area contributed by atoms with Gasteiger partial charge >= 0.3 is 0 Å². The summed E-state index contributed by atoms with van der Waals surface area (Å²) in [5.41, 5.74) is 6.19. The Bertz CT molecular complexity index is 546. The van der Waals surface area contributed by atoms with Crippen LogP contribution in [-0.2, 0) is 13.0 Å². The van der Waals surface area contributed by atoms with E-state index < -0.39 is 0 Å². The van der Waals surface area contributed by atoms with E-state index in [2.05, 4.69) is 20.3 Å². The number of rotatable bonds is 4. The molecule has 0 aliphatic carbocycles. The van der Waals surface area contributed by atoms with Crippen LogP contribution in [0.4, 0.5) is 5.95 Å². The lowest BCUT2D eigenvalue weighted by Crippen LogP contribution is -2.27. The molecule has 0 bridgehead atoms. The van der Waals surface area contributed by atoms with Crippen LogP contribution in [0.25, 0.3) is 0 Å². The number of amides is 1. The van der Waals surface area contributed by atoms with Crippen LogP contribution in [0.2, 0.25) is 0 Å². The number of aromatic amines is 1. The fourth-order valence-electron chi connectivity index (χ4n) is 1.45. The molecule has 0 aliphatic rings. The van der Waals surface area contributed by atoms with Crippen LogP contribution in [0.1, 0.15) is 29.0 Å². The van der Waals surface area contributed by atoms with E-state index in [9.17, 15) is 4.79 Å². The first kappa shape index (κ1) is 12.1. The van der Waals surface area contributed by atoms with Crippen molar-refractivity contribution >= 4 is 11.9 Å². The summed E-state index contributed by atoms with van der Waals surface area (Å²) in [5.74, 6) is 0.453. The van der Waals surface area contributed by atoms with Crippen LogP contribution in [0, 0.1) is 0 Å². The summed E-state index contributed by atoms with van der Waals surface area (Å²) in [5, 5.41) is 9.92. The molecule has 0 unspecified atom stereocenters. The van der Waals surface area contributed by atoms with E-state index in [0.29, 0.717) is 12.3 Å². The summed E-state index contributed by atoms with van der Waals surface area (Å²) in [7, 11) is 1.63. The number of carbonyl (C=O) groups is 1. The molecule has 0 saturated carbocycles. The third-order valence-electron chi connectivity index (χ3n) is 2.41. The summed E-state index contributed by atoms with van der Waals surface area (Å²) in [6, 6.07) is 1.82. The van der Waals surface area contributed by atoms with Crippen LogP contribution in [0.3, 0.4) is 0 Å². The molecule has 0 radical (unpaired) electrons. The van der Waals surface area contributed by atoms with Crippen molar-refractivity contribution in [1.82, 2.24) is 25.2 Å². The van der Waals surface area contributed by atoms with Crippen LogP contribution in [0.5, 0.6) is 0 Å². The highest BCUT2D eigenvalue weighted by atomic mass is 16.5. The third-order valence-corrected chi connectivity index (χ3v) is 2.41. The van der Waals surface area contributed by atoms with Gasteiger partial charge in [-0.3, -0.25) is 9.89 Å². The minimum absolute atomic E-state index is 0.0414. The van der Waals surface area contributed by atoms with Crippen molar-refractivity contribution in [2.75, 3.05) is 12.8 Å². The van der Waals surface area contributed by atoms with Crippen LogP contribution >= 0.6 is 0 Å². The van der Waals surface area contributed by atoms with Crippen molar-refractivity contribution in [3.05, 3.63) is 23.3 Å². The van der Waals surface area contributed by atoms with Crippen LogP contribution in [0.15, 0.2) is 10.6 Å². The second-order valence-corrected chi connectivity index (χ2v) is 3.84. The van der Waals surface area contributed by atoms with E-state index in [1.165, 1.54) is 4.90 Å². The molecular formula is C10H14N6O2. The summed E-state index contributed by atoms with van der Waals surface area (Å²) >= 11 is 0.